The molecule has 2 atom stereocenters. The van der Waals surface area contributed by atoms with E-state index in [1.54, 1.807) is 11.6 Å². The lowest BCUT2D eigenvalue weighted by molar-refractivity contribution is 0.147. The van der Waals surface area contributed by atoms with Gasteiger partial charge in [0.2, 0.25) is 5.88 Å². The van der Waals surface area contributed by atoms with Gasteiger partial charge in [-0.3, -0.25) is 14.7 Å². The molecule has 0 unspecified atom stereocenters. The van der Waals surface area contributed by atoms with Gasteiger partial charge in [0, 0.05) is 36.8 Å². The molecule has 0 spiro atoms. The first kappa shape index (κ1) is 22.4. The quantitative estimate of drug-likeness (QED) is 0.476. The summed E-state index contributed by atoms with van der Waals surface area (Å²) in [6.45, 7) is 7.73. The Morgan fingerprint density at radius 3 is 2.88 bits per heavy atom. The topological polar surface area (TPSA) is 97.0 Å². The Kier molecular flexibility index (Phi) is 5.75. The molecule has 1 aliphatic heterocycles. The number of aromatic amines is 1. The summed E-state index contributed by atoms with van der Waals surface area (Å²) in [5, 5.41) is 27.9. The highest BCUT2D eigenvalue weighted by atomic mass is 16.5. The number of aromatic nitrogens is 6. The Labute approximate surface area is 198 Å². The third-order valence-electron chi connectivity index (χ3n) is 6.26. The minimum Gasteiger partial charge on any atom is -0.473 e. The van der Waals surface area contributed by atoms with Crippen LogP contribution in [-0.4, -0.2) is 65.6 Å². The number of likely N-dealkylation sites (N-methyl/N-ethyl adjacent to an activating group) is 1. The first-order valence-corrected chi connectivity index (χ1v) is 11.6. The fraction of sp³-hybridized carbons (Fsp3) is 0.400. The van der Waals surface area contributed by atoms with Crippen molar-refractivity contribution >= 4 is 23.1 Å². The minimum absolute atomic E-state index is 0.0582. The summed E-state index contributed by atoms with van der Waals surface area (Å²) in [4.78, 5) is 2.21. The lowest BCUT2D eigenvalue weighted by Gasteiger charge is -2.22. The number of hydrogen-bond acceptors (Lipinski definition) is 6. The molecule has 1 aliphatic rings. The van der Waals surface area contributed by atoms with Crippen LogP contribution in [-0.2, 0) is 20.1 Å². The number of benzene rings is 1. The third kappa shape index (κ3) is 4.12. The van der Waals surface area contributed by atoms with Crippen molar-refractivity contribution in [3.63, 3.8) is 0 Å². The highest BCUT2D eigenvalue weighted by Gasteiger charge is 2.20. The number of rotatable bonds is 2. The van der Waals surface area contributed by atoms with Crippen LogP contribution < -0.4 is 4.74 Å². The maximum atomic E-state index is 9.95. The molecule has 1 aromatic carbocycles. The van der Waals surface area contributed by atoms with Gasteiger partial charge in [-0.25, -0.2) is 4.68 Å². The number of fused-ring (bicyclic) bond motifs is 4. The molecule has 3 aromatic heterocycles. The average Bonchev–Trinajstić information content (AvgIpc) is 3.42. The molecule has 34 heavy (non-hydrogen) atoms. The van der Waals surface area contributed by atoms with E-state index in [-0.39, 0.29) is 6.10 Å². The number of H-pyrrole nitrogens is 1. The van der Waals surface area contributed by atoms with Crippen LogP contribution in [0.3, 0.4) is 0 Å². The van der Waals surface area contributed by atoms with Crippen molar-refractivity contribution in [2.75, 3.05) is 13.6 Å². The predicted octanol–water partition coefficient (Wildman–Crippen LogP) is 3.23. The second-order valence-corrected chi connectivity index (χ2v) is 9.29. The fourth-order valence-electron chi connectivity index (χ4n) is 4.63. The normalized spacial score (nSPS) is 17.8. The standard InChI is InChI=1S/C25H31N7O2/c1-15(33)12-32-17(3)19-7-9-23-20-10-18(6-8-22(20)27-28-23)21-11-26-31(5)25(21)34-16(2)13-30(4)14-24(19)29-32/h6-11,15-16,33H,12-14H2,1-5H3,(H,27,28)/t15-,16+/m1/s1. The molecule has 2 N–H and O–H groups in total. The number of ether oxygens (including phenoxy) is 1. The molecule has 0 radical (unpaired) electrons. The lowest BCUT2D eigenvalue weighted by atomic mass is 10.0. The Morgan fingerprint density at radius 1 is 1.26 bits per heavy atom. The van der Waals surface area contributed by atoms with Crippen LogP contribution in [0.4, 0.5) is 0 Å². The monoisotopic (exact) mass is 461 g/mol. The van der Waals surface area contributed by atoms with E-state index in [9.17, 15) is 5.11 Å². The molecule has 0 saturated heterocycles. The second-order valence-electron chi connectivity index (χ2n) is 9.29. The van der Waals surface area contributed by atoms with E-state index in [4.69, 9.17) is 9.84 Å². The number of nitrogens with zero attached hydrogens (tertiary/aromatic N) is 6. The molecule has 4 heterocycles. The third-order valence-corrected chi connectivity index (χ3v) is 6.26. The van der Waals surface area contributed by atoms with E-state index < -0.39 is 6.10 Å². The summed E-state index contributed by atoms with van der Waals surface area (Å²) >= 11 is 0. The van der Waals surface area contributed by atoms with Crippen molar-refractivity contribution < 1.29 is 9.84 Å². The van der Waals surface area contributed by atoms with E-state index in [1.807, 2.05) is 30.9 Å². The Hall–Kier alpha value is -3.43. The first-order chi connectivity index (χ1) is 16.3. The van der Waals surface area contributed by atoms with Gasteiger partial charge in [0.15, 0.2) is 0 Å². The molecule has 9 heteroatoms. The van der Waals surface area contributed by atoms with E-state index in [2.05, 4.69) is 58.5 Å². The van der Waals surface area contributed by atoms with Gasteiger partial charge < -0.3 is 9.84 Å². The number of aliphatic hydroxyl groups is 1. The van der Waals surface area contributed by atoms with Crippen molar-refractivity contribution in [1.29, 1.82) is 0 Å². The van der Waals surface area contributed by atoms with Gasteiger partial charge in [0.05, 0.1) is 41.3 Å². The highest BCUT2D eigenvalue weighted by molar-refractivity contribution is 5.93. The van der Waals surface area contributed by atoms with E-state index >= 15 is 0 Å². The molecule has 5 rings (SSSR count). The van der Waals surface area contributed by atoms with Crippen LogP contribution in [0.15, 0.2) is 24.4 Å². The van der Waals surface area contributed by atoms with Gasteiger partial charge in [-0.2, -0.15) is 15.3 Å². The van der Waals surface area contributed by atoms with Crippen molar-refractivity contribution in [3.8, 4) is 17.0 Å². The summed E-state index contributed by atoms with van der Waals surface area (Å²) in [6.07, 6.45) is 5.47. The highest BCUT2D eigenvalue weighted by Crippen LogP contribution is 2.33. The van der Waals surface area contributed by atoms with Crippen LogP contribution in [0.2, 0.25) is 0 Å². The van der Waals surface area contributed by atoms with E-state index in [0.29, 0.717) is 13.1 Å². The maximum absolute atomic E-state index is 9.95. The molecule has 4 aromatic rings. The zero-order chi connectivity index (χ0) is 24.0. The molecular weight excluding hydrogens is 430 g/mol. The van der Waals surface area contributed by atoms with Crippen LogP contribution in [0.25, 0.3) is 34.2 Å². The largest absolute Gasteiger partial charge is 0.473 e. The molecule has 0 saturated carbocycles. The SMILES string of the molecule is Cc1c2c(nn1C[C@@H](C)O)CN(C)C[C@H](C)Oc1c(cnn1C)-c1ccc3n[nH]c(c3c1)C=C2. The molecule has 2 bridgehead atoms. The molecule has 0 amide bonds. The number of aryl methyl sites for hydroxylation is 1. The molecule has 178 valence electrons. The summed E-state index contributed by atoms with van der Waals surface area (Å²) in [7, 11) is 3.97. The van der Waals surface area contributed by atoms with E-state index in [0.717, 1.165) is 57.1 Å². The van der Waals surface area contributed by atoms with Crippen molar-refractivity contribution in [3.05, 3.63) is 47.0 Å². The van der Waals surface area contributed by atoms with Gasteiger partial charge in [-0.1, -0.05) is 6.07 Å². The first-order valence-electron chi connectivity index (χ1n) is 11.6. The summed E-state index contributed by atoms with van der Waals surface area (Å²) in [6, 6.07) is 6.20. The predicted molar refractivity (Wildman–Crippen MR) is 132 cm³/mol. The molecule has 9 nitrogen and oxygen atoms in total. The minimum atomic E-state index is -0.477. The van der Waals surface area contributed by atoms with Crippen LogP contribution in [0.5, 0.6) is 5.88 Å². The molecule has 0 aliphatic carbocycles. The van der Waals surface area contributed by atoms with Gasteiger partial charge in [0.1, 0.15) is 6.10 Å². The van der Waals surface area contributed by atoms with Gasteiger partial charge >= 0.3 is 0 Å². The summed E-state index contributed by atoms with van der Waals surface area (Å²) in [5.41, 5.74) is 6.86. The zero-order valence-electron chi connectivity index (χ0n) is 20.3. The molecule has 0 fully saturated rings. The van der Waals surface area contributed by atoms with Crippen LogP contribution in [0, 0.1) is 6.92 Å². The van der Waals surface area contributed by atoms with Gasteiger partial charge in [-0.05, 0) is 57.7 Å². The Morgan fingerprint density at radius 2 is 2.09 bits per heavy atom. The average molecular weight is 462 g/mol. The summed E-state index contributed by atoms with van der Waals surface area (Å²) in [5.74, 6) is 0.744. The number of hydrogen-bond donors (Lipinski definition) is 2. The van der Waals surface area contributed by atoms with Crippen LogP contribution in [0.1, 0.15) is 36.5 Å². The number of aliphatic hydroxyl groups excluding tert-OH is 1. The summed E-state index contributed by atoms with van der Waals surface area (Å²) < 4.78 is 10.1. The maximum Gasteiger partial charge on any atom is 0.219 e. The smallest absolute Gasteiger partial charge is 0.219 e. The molecular formula is C25H31N7O2. The van der Waals surface area contributed by atoms with E-state index in [1.165, 1.54) is 0 Å². The number of nitrogens with one attached hydrogen (secondary N) is 1. The lowest BCUT2D eigenvalue weighted by Crippen LogP contribution is -2.31. The zero-order valence-corrected chi connectivity index (χ0v) is 20.3. The Balaban J connectivity index is 1.66. The second kappa shape index (κ2) is 8.73. The van der Waals surface area contributed by atoms with Crippen molar-refractivity contribution in [2.45, 2.75) is 46.1 Å². The fourth-order valence-corrected chi connectivity index (χ4v) is 4.63. The van der Waals surface area contributed by atoms with Crippen LogP contribution >= 0.6 is 0 Å². The van der Waals surface area contributed by atoms with Crippen molar-refractivity contribution in [2.24, 2.45) is 7.05 Å². The van der Waals surface area contributed by atoms with Gasteiger partial charge in [0.25, 0.3) is 0 Å². The van der Waals surface area contributed by atoms with Crippen molar-refractivity contribution in [1.82, 2.24) is 34.7 Å². The Bertz CT molecular complexity index is 1360. The van der Waals surface area contributed by atoms with Gasteiger partial charge in [-0.15, -0.1) is 0 Å².